The van der Waals surface area contributed by atoms with Gasteiger partial charge >= 0.3 is 0 Å². The third kappa shape index (κ3) is 3.29. The van der Waals surface area contributed by atoms with Crippen molar-refractivity contribution < 1.29 is 0 Å². The lowest BCUT2D eigenvalue weighted by Crippen LogP contribution is -2.13. The van der Waals surface area contributed by atoms with Crippen LogP contribution in [0.4, 0.5) is 0 Å². The maximum atomic E-state index is 6.05. The van der Waals surface area contributed by atoms with E-state index < -0.39 is 0 Å². The molecule has 0 atom stereocenters. The number of halogens is 2. The molecular formula is C15H17Cl2N3. The summed E-state index contributed by atoms with van der Waals surface area (Å²) in [5, 5.41) is 4.20. The van der Waals surface area contributed by atoms with E-state index in [0.717, 1.165) is 29.9 Å². The second-order valence-electron chi connectivity index (χ2n) is 4.68. The number of hydrogen-bond donors (Lipinski definition) is 1. The van der Waals surface area contributed by atoms with E-state index in [0.29, 0.717) is 15.9 Å². The van der Waals surface area contributed by atoms with Crippen molar-refractivity contribution in [2.24, 2.45) is 0 Å². The number of rotatable bonds is 4. The van der Waals surface area contributed by atoms with Crippen LogP contribution in [0.25, 0.3) is 11.4 Å². The highest BCUT2D eigenvalue weighted by Gasteiger charge is 2.10. The molecule has 1 heterocycles. The highest BCUT2D eigenvalue weighted by atomic mass is 35.5. The van der Waals surface area contributed by atoms with E-state index in [1.54, 1.807) is 12.1 Å². The van der Waals surface area contributed by atoms with Crippen molar-refractivity contribution in [3.8, 4) is 11.4 Å². The first-order chi connectivity index (χ1) is 9.52. The third-order valence-electron chi connectivity index (χ3n) is 3.22. The van der Waals surface area contributed by atoms with Crippen LogP contribution in [0.2, 0.25) is 10.0 Å². The molecule has 0 aliphatic rings. The first kappa shape index (κ1) is 15.2. The fourth-order valence-corrected chi connectivity index (χ4v) is 2.41. The molecule has 0 bridgehead atoms. The largest absolute Gasteiger partial charge is 0.319 e. The Hall–Kier alpha value is -1.16. The minimum atomic E-state index is 0.516. The summed E-state index contributed by atoms with van der Waals surface area (Å²) in [7, 11) is 1.94. The molecule has 0 radical (unpaired) electrons. The average molecular weight is 310 g/mol. The Morgan fingerprint density at radius 3 is 2.25 bits per heavy atom. The van der Waals surface area contributed by atoms with Crippen LogP contribution in [0.15, 0.2) is 18.2 Å². The van der Waals surface area contributed by atoms with Crippen molar-refractivity contribution in [1.82, 2.24) is 15.3 Å². The molecule has 1 aromatic heterocycles. The zero-order chi connectivity index (χ0) is 14.7. The third-order valence-corrected chi connectivity index (χ3v) is 3.96. The summed E-state index contributed by atoms with van der Waals surface area (Å²) in [5.74, 6) is 0.687. The number of aromatic nitrogens is 2. The van der Waals surface area contributed by atoms with E-state index >= 15 is 0 Å². The van der Waals surface area contributed by atoms with E-state index in [4.69, 9.17) is 23.2 Å². The molecule has 0 spiro atoms. The van der Waals surface area contributed by atoms with Gasteiger partial charge in [0.25, 0.3) is 0 Å². The van der Waals surface area contributed by atoms with Crippen LogP contribution in [-0.2, 0) is 6.42 Å². The Bertz CT molecular complexity index is 604. The topological polar surface area (TPSA) is 37.8 Å². The van der Waals surface area contributed by atoms with E-state index in [-0.39, 0.29) is 0 Å². The maximum absolute atomic E-state index is 6.05. The lowest BCUT2D eigenvalue weighted by atomic mass is 10.1. The van der Waals surface area contributed by atoms with Crippen LogP contribution in [0.1, 0.15) is 17.0 Å². The average Bonchev–Trinajstić information content (AvgIpc) is 2.41. The quantitative estimate of drug-likeness (QED) is 0.932. The molecular weight excluding hydrogens is 293 g/mol. The lowest BCUT2D eigenvalue weighted by Gasteiger charge is -2.11. The first-order valence-electron chi connectivity index (χ1n) is 6.47. The van der Waals surface area contributed by atoms with Gasteiger partial charge in [0.1, 0.15) is 0 Å². The van der Waals surface area contributed by atoms with E-state index in [1.165, 1.54) is 5.56 Å². The van der Waals surface area contributed by atoms with Gasteiger partial charge in [0.2, 0.25) is 0 Å². The number of nitrogens with zero attached hydrogens (tertiary/aromatic N) is 2. The van der Waals surface area contributed by atoms with Crippen LogP contribution in [-0.4, -0.2) is 23.6 Å². The fourth-order valence-electron chi connectivity index (χ4n) is 2.12. The predicted octanol–water partition coefficient (Wildman–Crippen LogP) is 3.83. The van der Waals surface area contributed by atoms with E-state index in [1.807, 2.05) is 27.0 Å². The first-order valence-corrected chi connectivity index (χ1v) is 7.22. The summed E-state index contributed by atoms with van der Waals surface area (Å²) >= 11 is 12.0. The minimum Gasteiger partial charge on any atom is -0.319 e. The summed E-state index contributed by atoms with van der Waals surface area (Å²) in [6, 6.07) is 5.45. The molecule has 0 fully saturated rings. The standard InChI is InChI=1S/C15H17Cl2N3/c1-9-12(6-7-18-3)10(2)20-15(19-9)11-4-5-13(16)14(17)8-11/h4-5,8,18H,6-7H2,1-3H3. The van der Waals surface area contributed by atoms with Gasteiger partial charge in [-0.15, -0.1) is 0 Å². The molecule has 1 aromatic carbocycles. The molecule has 0 saturated carbocycles. The summed E-state index contributed by atoms with van der Waals surface area (Å²) in [6.45, 7) is 4.94. The Morgan fingerprint density at radius 2 is 1.70 bits per heavy atom. The second-order valence-corrected chi connectivity index (χ2v) is 5.49. The van der Waals surface area contributed by atoms with Crippen LogP contribution in [0.5, 0.6) is 0 Å². The second kappa shape index (κ2) is 6.53. The number of benzene rings is 1. The molecule has 1 N–H and O–H groups in total. The van der Waals surface area contributed by atoms with E-state index in [9.17, 15) is 0 Å². The van der Waals surface area contributed by atoms with Crippen molar-refractivity contribution in [2.75, 3.05) is 13.6 Å². The highest BCUT2D eigenvalue weighted by Crippen LogP contribution is 2.27. The van der Waals surface area contributed by atoms with Crippen LogP contribution in [0, 0.1) is 13.8 Å². The Balaban J connectivity index is 2.41. The molecule has 20 heavy (non-hydrogen) atoms. The van der Waals surface area contributed by atoms with Crippen molar-refractivity contribution in [3.63, 3.8) is 0 Å². The van der Waals surface area contributed by atoms with Crippen molar-refractivity contribution in [2.45, 2.75) is 20.3 Å². The normalized spacial score (nSPS) is 10.8. The van der Waals surface area contributed by atoms with Crippen molar-refractivity contribution in [1.29, 1.82) is 0 Å². The zero-order valence-corrected chi connectivity index (χ0v) is 13.3. The summed E-state index contributed by atoms with van der Waals surface area (Å²) in [6.07, 6.45) is 0.926. The van der Waals surface area contributed by atoms with Crippen LogP contribution >= 0.6 is 23.2 Å². The summed E-state index contributed by atoms with van der Waals surface area (Å²) in [5.41, 5.74) is 4.09. The molecule has 0 amide bonds. The van der Waals surface area contributed by atoms with Gasteiger partial charge in [-0.05, 0) is 57.6 Å². The van der Waals surface area contributed by atoms with E-state index in [2.05, 4.69) is 15.3 Å². The van der Waals surface area contributed by atoms with Gasteiger partial charge in [0.05, 0.1) is 10.0 Å². The number of likely N-dealkylation sites (N-methyl/N-ethyl adjacent to an activating group) is 1. The summed E-state index contributed by atoms with van der Waals surface area (Å²) in [4.78, 5) is 9.17. The van der Waals surface area contributed by atoms with Gasteiger partial charge < -0.3 is 5.32 Å². The van der Waals surface area contributed by atoms with Crippen LogP contribution in [0.3, 0.4) is 0 Å². The van der Waals surface area contributed by atoms with Gasteiger partial charge in [0, 0.05) is 17.0 Å². The van der Waals surface area contributed by atoms with Gasteiger partial charge in [0.15, 0.2) is 5.82 Å². The van der Waals surface area contributed by atoms with Crippen LogP contribution < -0.4 is 5.32 Å². The molecule has 3 nitrogen and oxygen atoms in total. The smallest absolute Gasteiger partial charge is 0.159 e. The van der Waals surface area contributed by atoms with Crippen molar-refractivity contribution >= 4 is 23.2 Å². The van der Waals surface area contributed by atoms with Gasteiger partial charge in [-0.25, -0.2) is 9.97 Å². The number of nitrogens with one attached hydrogen (secondary N) is 1. The fraction of sp³-hybridized carbons (Fsp3) is 0.333. The molecule has 2 aromatic rings. The van der Waals surface area contributed by atoms with Crippen molar-refractivity contribution in [3.05, 3.63) is 45.2 Å². The Kier molecular flexibility index (Phi) is 4.97. The minimum absolute atomic E-state index is 0.516. The van der Waals surface area contributed by atoms with Gasteiger partial charge in [-0.3, -0.25) is 0 Å². The zero-order valence-electron chi connectivity index (χ0n) is 11.8. The molecule has 2 rings (SSSR count). The monoisotopic (exact) mass is 309 g/mol. The SMILES string of the molecule is CNCCc1c(C)nc(-c2ccc(Cl)c(Cl)c2)nc1C. The summed E-state index contributed by atoms with van der Waals surface area (Å²) < 4.78 is 0. The molecule has 0 saturated heterocycles. The number of hydrogen-bond acceptors (Lipinski definition) is 3. The van der Waals surface area contributed by atoms with Gasteiger partial charge in [-0.2, -0.15) is 0 Å². The molecule has 0 unspecified atom stereocenters. The predicted molar refractivity (Wildman–Crippen MR) is 84.6 cm³/mol. The molecule has 106 valence electrons. The maximum Gasteiger partial charge on any atom is 0.159 e. The highest BCUT2D eigenvalue weighted by molar-refractivity contribution is 6.42. The Labute approximate surface area is 129 Å². The number of aryl methyl sites for hydroxylation is 2. The molecule has 0 aliphatic carbocycles. The lowest BCUT2D eigenvalue weighted by molar-refractivity contribution is 0.774. The molecule has 0 aliphatic heterocycles. The Morgan fingerprint density at radius 1 is 1.05 bits per heavy atom. The van der Waals surface area contributed by atoms with Gasteiger partial charge in [-0.1, -0.05) is 23.2 Å². The molecule has 5 heteroatoms.